The van der Waals surface area contributed by atoms with Crippen LogP contribution >= 0.6 is 0 Å². The Balaban J connectivity index is 1.78. The first-order chi connectivity index (χ1) is 9.56. The molecule has 0 bridgehead atoms. The Labute approximate surface area is 120 Å². The first-order valence-corrected chi connectivity index (χ1v) is 7.29. The van der Waals surface area contributed by atoms with Gasteiger partial charge in [0.2, 0.25) is 5.91 Å². The van der Waals surface area contributed by atoms with Gasteiger partial charge in [-0.1, -0.05) is 17.7 Å². The molecule has 1 heterocycles. The van der Waals surface area contributed by atoms with Crippen LogP contribution in [0.25, 0.3) is 0 Å². The Kier molecular flexibility index (Phi) is 5.15. The summed E-state index contributed by atoms with van der Waals surface area (Å²) in [6.07, 6.45) is 1.36. The third-order valence-corrected chi connectivity index (χ3v) is 3.93. The van der Waals surface area contributed by atoms with Crippen LogP contribution in [0.3, 0.4) is 0 Å². The SMILES string of the molecule is Cc1ccc(NC(=O)C(C)NCC2CCOC2C)cc1. The van der Waals surface area contributed by atoms with E-state index < -0.39 is 0 Å². The van der Waals surface area contributed by atoms with E-state index in [9.17, 15) is 4.79 Å². The Hall–Kier alpha value is -1.39. The minimum atomic E-state index is -0.205. The number of anilines is 1. The number of rotatable bonds is 5. The molecule has 1 saturated heterocycles. The van der Waals surface area contributed by atoms with Gasteiger partial charge in [0.05, 0.1) is 12.1 Å². The summed E-state index contributed by atoms with van der Waals surface area (Å²) in [7, 11) is 0. The van der Waals surface area contributed by atoms with E-state index in [1.165, 1.54) is 5.56 Å². The molecule has 2 N–H and O–H groups in total. The number of carbonyl (C=O) groups excluding carboxylic acids is 1. The van der Waals surface area contributed by atoms with Crippen molar-refractivity contribution in [2.45, 2.75) is 39.3 Å². The maximum absolute atomic E-state index is 12.1. The molecule has 1 fully saturated rings. The maximum atomic E-state index is 12.1. The van der Waals surface area contributed by atoms with Gasteiger partial charge in [-0.25, -0.2) is 0 Å². The fraction of sp³-hybridized carbons (Fsp3) is 0.562. The van der Waals surface area contributed by atoms with E-state index >= 15 is 0 Å². The zero-order valence-corrected chi connectivity index (χ0v) is 12.5. The third kappa shape index (κ3) is 4.05. The predicted molar refractivity (Wildman–Crippen MR) is 80.8 cm³/mol. The molecule has 1 aromatic rings. The van der Waals surface area contributed by atoms with Crippen LogP contribution in [0.1, 0.15) is 25.8 Å². The van der Waals surface area contributed by atoms with Crippen LogP contribution in [0.4, 0.5) is 5.69 Å². The Morgan fingerprint density at radius 1 is 1.40 bits per heavy atom. The molecular formula is C16H24N2O2. The summed E-state index contributed by atoms with van der Waals surface area (Å²) < 4.78 is 5.52. The molecule has 4 nitrogen and oxygen atoms in total. The fourth-order valence-corrected chi connectivity index (χ4v) is 2.35. The van der Waals surface area contributed by atoms with E-state index in [4.69, 9.17) is 4.74 Å². The second-order valence-corrected chi connectivity index (χ2v) is 5.61. The minimum absolute atomic E-state index is 0.000390. The molecular weight excluding hydrogens is 252 g/mol. The van der Waals surface area contributed by atoms with Crippen molar-refractivity contribution in [1.82, 2.24) is 5.32 Å². The van der Waals surface area contributed by atoms with Crippen LogP contribution in [-0.4, -0.2) is 31.2 Å². The molecule has 1 aromatic carbocycles. The highest BCUT2D eigenvalue weighted by molar-refractivity contribution is 5.94. The van der Waals surface area contributed by atoms with E-state index in [2.05, 4.69) is 17.6 Å². The number of hydrogen-bond donors (Lipinski definition) is 2. The highest BCUT2D eigenvalue weighted by Gasteiger charge is 2.25. The summed E-state index contributed by atoms with van der Waals surface area (Å²) in [5.41, 5.74) is 2.02. The summed E-state index contributed by atoms with van der Waals surface area (Å²) >= 11 is 0. The van der Waals surface area contributed by atoms with E-state index in [0.717, 1.165) is 25.3 Å². The first-order valence-electron chi connectivity index (χ1n) is 7.29. The third-order valence-electron chi connectivity index (χ3n) is 3.93. The smallest absolute Gasteiger partial charge is 0.241 e. The van der Waals surface area contributed by atoms with Crippen molar-refractivity contribution in [2.24, 2.45) is 5.92 Å². The second-order valence-electron chi connectivity index (χ2n) is 5.61. The predicted octanol–water partition coefficient (Wildman–Crippen LogP) is 2.34. The van der Waals surface area contributed by atoms with Crippen molar-refractivity contribution in [3.8, 4) is 0 Å². The van der Waals surface area contributed by atoms with Gasteiger partial charge in [0.1, 0.15) is 0 Å². The van der Waals surface area contributed by atoms with Gasteiger partial charge in [-0.2, -0.15) is 0 Å². The molecule has 1 aliphatic heterocycles. The number of nitrogens with one attached hydrogen (secondary N) is 2. The van der Waals surface area contributed by atoms with Gasteiger partial charge in [-0.3, -0.25) is 4.79 Å². The molecule has 0 saturated carbocycles. The molecule has 3 unspecified atom stereocenters. The first kappa shape index (κ1) is 15.0. The summed E-state index contributed by atoms with van der Waals surface area (Å²) in [6, 6.07) is 7.63. The lowest BCUT2D eigenvalue weighted by Gasteiger charge is -2.19. The molecule has 3 atom stereocenters. The molecule has 110 valence electrons. The van der Waals surface area contributed by atoms with Gasteiger partial charge in [-0.15, -0.1) is 0 Å². The molecule has 1 amide bonds. The largest absolute Gasteiger partial charge is 0.378 e. The average molecular weight is 276 g/mol. The number of aryl methyl sites for hydroxylation is 1. The van der Waals surface area contributed by atoms with Crippen molar-refractivity contribution in [3.63, 3.8) is 0 Å². The standard InChI is InChI=1S/C16H24N2O2/c1-11-4-6-15(7-5-11)18-16(19)12(2)17-10-14-8-9-20-13(14)3/h4-7,12-14,17H,8-10H2,1-3H3,(H,18,19). The van der Waals surface area contributed by atoms with Crippen LogP contribution in [0, 0.1) is 12.8 Å². The van der Waals surface area contributed by atoms with Crippen molar-refractivity contribution in [1.29, 1.82) is 0 Å². The topological polar surface area (TPSA) is 50.4 Å². The zero-order valence-electron chi connectivity index (χ0n) is 12.5. The average Bonchev–Trinajstić information content (AvgIpc) is 2.84. The Morgan fingerprint density at radius 2 is 2.10 bits per heavy atom. The van der Waals surface area contributed by atoms with E-state index in [-0.39, 0.29) is 18.1 Å². The summed E-state index contributed by atoms with van der Waals surface area (Å²) in [4.78, 5) is 12.1. The fourth-order valence-electron chi connectivity index (χ4n) is 2.35. The lowest BCUT2D eigenvalue weighted by atomic mass is 10.0. The van der Waals surface area contributed by atoms with Gasteiger partial charge in [0.15, 0.2) is 0 Å². The molecule has 20 heavy (non-hydrogen) atoms. The lowest BCUT2D eigenvalue weighted by Crippen LogP contribution is -2.41. The van der Waals surface area contributed by atoms with E-state index in [0.29, 0.717) is 5.92 Å². The van der Waals surface area contributed by atoms with Crippen molar-refractivity contribution < 1.29 is 9.53 Å². The van der Waals surface area contributed by atoms with Gasteiger partial charge in [-0.05, 0) is 45.2 Å². The van der Waals surface area contributed by atoms with Crippen molar-refractivity contribution >= 4 is 11.6 Å². The summed E-state index contributed by atoms with van der Waals surface area (Å²) in [5, 5.41) is 6.22. The van der Waals surface area contributed by atoms with Gasteiger partial charge in [0.25, 0.3) is 0 Å². The van der Waals surface area contributed by atoms with Crippen LogP contribution in [0.2, 0.25) is 0 Å². The van der Waals surface area contributed by atoms with Crippen molar-refractivity contribution in [2.75, 3.05) is 18.5 Å². The molecule has 0 aromatic heterocycles. The van der Waals surface area contributed by atoms with E-state index in [1.807, 2.05) is 38.1 Å². The van der Waals surface area contributed by atoms with Gasteiger partial charge < -0.3 is 15.4 Å². The van der Waals surface area contributed by atoms with E-state index in [1.54, 1.807) is 0 Å². The summed E-state index contributed by atoms with van der Waals surface area (Å²) in [5.74, 6) is 0.505. The molecule has 1 aliphatic rings. The van der Waals surface area contributed by atoms with Crippen LogP contribution in [0.5, 0.6) is 0 Å². The van der Waals surface area contributed by atoms with Crippen LogP contribution < -0.4 is 10.6 Å². The number of ether oxygens (including phenoxy) is 1. The highest BCUT2D eigenvalue weighted by atomic mass is 16.5. The van der Waals surface area contributed by atoms with Crippen molar-refractivity contribution in [3.05, 3.63) is 29.8 Å². The minimum Gasteiger partial charge on any atom is -0.378 e. The van der Waals surface area contributed by atoms with Gasteiger partial charge in [0, 0.05) is 18.8 Å². The molecule has 0 aliphatic carbocycles. The second kappa shape index (κ2) is 6.86. The maximum Gasteiger partial charge on any atom is 0.241 e. The number of carbonyl (C=O) groups is 1. The number of benzene rings is 1. The number of amides is 1. The highest BCUT2D eigenvalue weighted by Crippen LogP contribution is 2.19. The Morgan fingerprint density at radius 3 is 2.70 bits per heavy atom. The monoisotopic (exact) mass is 276 g/mol. The summed E-state index contributed by atoms with van der Waals surface area (Å²) in [6.45, 7) is 7.67. The Bertz CT molecular complexity index is 444. The number of hydrogen-bond acceptors (Lipinski definition) is 3. The zero-order chi connectivity index (χ0) is 14.5. The van der Waals surface area contributed by atoms with Gasteiger partial charge >= 0.3 is 0 Å². The quantitative estimate of drug-likeness (QED) is 0.868. The normalized spacial score (nSPS) is 23.6. The van der Waals surface area contributed by atoms with Crippen LogP contribution in [-0.2, 0) is 9.53 Å². The van der Waals surface area contributed by atoms with Crippen LogP contribution in [0.15, 0.2) is 24.3 Å². The lowest BCUT2D eigenvalue weighted by molar-refractivity contribution is -0.117. The molecule has 4 heteroatoms. The molecule has 0 radical (unpaired) electrons. The molecule has 0 spiro atoms. The molecule has 2 rings (SSSR count).